The second kappa shape index (κ2) is 4.82. The van der Waals surface area contributed by atoms with Gasteiger partial charge in [0.25, 0.3) is 5.91 Å². The van der Waals surface area contributed by atoms with E-state index in [1.54, 1.807) is 25.1 Å². The highest BCUT2D eigenvalue weighted by molar-refractivity contribution is 5.98. The van der Waals surface area contributed by atoms with E-state index in [2.05, 4.69) is 0 Å². The van der Waals surface area contributed by atoms with Crippen LogP contribution in [0.15, 0.2) is 18.2 Å². The lowest BCUT2D eigenvalue weighted by atomic mass is 10.1. The third-order valence-electron chi connectivity index (χ3n) is 2.30. The Labute approximate surface area is 90.7 Å². The van der Waals surface area contributed by atoms with Crippen LogP contribution in [0, 0.1) is 0 Å². The van der Waals surface area contributed by atoms with Gasteiger partial charge in [-0.15, -0.1) is 0 Å². The summed E-state index contributed by atoms with van der Waals surface area (Å²) in [5, 5.41) is 0. The van der Waals surface area contributed by atoms with Gasteiger partial charge in [-0.05, 0) is 17.7 Å². The molecule has 1 aromatic carbocycles. The van der Waals surface area contributed by atoms with Crippen LogP contribution in [-0.2, 0) is 6.54 Å². The standard InChI is InChI=1S/C10H11NO2.C2H6/c1-11-6-7-3-4-8(13-2)5-9(7)10(11)12;1-2/h3-5H,6H2,1-2H3;1-2H3. The van der Waals surface area contributed by atoms with Crippen molar-refractivity contribution in [1.29, 1.82) is 0 Å². The summed E-state index contributed by atoms with van der Waals surface area (Å²) >= 11 is 0. The minimum Gasteiger partial charge on any atom is -0.497 e. The molecular weight excluding hydrogens is 190 g/mol. The topological polar surface area (TPSA) is 29.5 Å². The van der Waals surface area contributed by atoms with Crippen LogP contribution in [0.4, 0.5) is 0 Å². The third-order valence-corrected chi connectivity index (χ3v) is 2.30. The van der Waals surface area contributed by atoms with Crippen LogP contribution >= 0.6 is 0 Å². The van der Waals surface area contributed by atoms with Crippen LogP contribution in [-0.4, -0.2) is 25.0 Å². The molecule has 3 nitrogen and oxygen atoms in total. The fourth-order valence-corrected chi connectivity index (χ4v) is 1.55. The number of benzene rings is 1. The number of hydrogen-bond acceptors (Lipinski definition) is 2. The lowest BCUT2D eigenvalue weighted by Crippen LogP contribution is -2.17. The fourth-order valence-electron chi connectivity index (χ4n) is 1.55. The van der Waals surface area contributed by atoms with Crippen molar-refractivity contribution in [3.63, 3.8) is 0 Å². The Kier molecular flexibility index (Phi) is 3.72. The van der Waals surface area contributed by atoms with Crippen molar-refractivity contribution in [1.82, 2.24) is 4.90 Å². The van der Waals surface area contributed by atoms with Gasteiger partial charge in [-0.3, -0.25) is 4.79 Å². The predicted octanol–water partition coefficient (Wildman–Crippen LogP) is 2.31. The normalized spacial score (nSPS) is 13.1. The first-order valence-electron chi connectivity index (χ1n) is 5.15. The first kappa shape index (κ1) is 11.6. The molecule has 0 radical (unpaired) electrons. The molecule has 0 bridgehead atoms. The maximum Gasteiger partial charge on any atom is 0.254 e. The molecule has 0 fully saturated rings. The number of hydrogen-bond donors (Lipinski definition) is 0. The number of carbonyl (C=O) groups is 1. The molecule has 0 N–H and O–H groups in total. The van der Waals surface area contributed by atoms with Crippen molar-refractivity contribution < 1.29 is 9.53 Å². The predicted molar refractivity (Wildman–Crippen MR) is 60.1 cm³/mol. The van der Waals surface area contributed by atoms with Crippen LogP contribution < -0.4 is 4.74 Å². The van der Waals surface area contributed by atoms with Gasteiger partial charge in [0.1, 0.15) is 5.75 Å². The summed E-state index contributed by atoms with van der Waals surface area (Å²) in [7, 11) is 3.40. The molecule has 3 heteroatoms. The molecule has 0 saturated heterocycles. The van der Waals surface area contributed by atoms with E-state index in [0.29, 0.717) is 6.54 Å². The molecule has 82 valence electrons. The van der Waals surface area contributed by atoms with Crippen LogP contribution in [0.1, 0.15) is 29.8 Å². The Morgan fingerprint density at radius 2 is 2.00 bits per heavy atom. The van der Waals surface area contributed by atoms with Crippen molar-refractivity contribution in [2.75, 3.05) is 14.2 Å². The molecule has 2 rings (SSSR count). The minimum atomic E-state index is 0.0777. The second-order valence-electron chi connectivity index (χ2n) is 3.18. The fraction of sp³-hybridized carbons (Fsp3) is 0.417. The Hall–Kier alpha value is -1.51. The van der Waals surface area contributed by atoms with Crippen LogP contribution in [0.2, 0.25) is 0 Å². The molecule has 15 heavy (non-hydrogen) atoms. The maximum atomic E-state index is 11.5. The highest BCUT2D eigenvalue weighted by Gasteiger charge is 2.24. The highest BCUT2D eigenvalue weighted by Crippen LogP contribution is 2.25. The van der Waals surface area contributed by atoms with E-state index in [1.165, 1.54) is 0 Å². The zero-order valence-electron chi connectivity index (χ0n) is 9.70. The van der Waals surface area contributed by atoms with Crippen LogP contribution in [0.5, 0.6) is 5.75 Å². The van der Waals surface area contributed by atoms with E-state index in [0.717, 1.165) is 16.9 Å². The average molecular weight is 207 g/mol. The summed E-state index contributed by atoms with van der Waals surface area (Å²) in [6, 6.07) is 5.61. The highest BCUT2D eigenvalue weighted by atomic mass is 16.5. The number of ether oxygens (including phenoxy) is 1. The van der Waals surface area contributed by atoms with E-state index >= 15 is 0 Å². The number of nitrogens with zero attached hydrogens (tertiary/aromatic N) is 1. The summed E-state index contributed by atoms with van der Waals surface area (Å²) in [6.07, 6.45) is 0. The van der Waals surface area contributed by atoms with Crippen LogP contribution in [0.25, 0.3) is 0 Å². The molecule has 1 heterocycles. The quantitative estimate of drug-likeness (QED) is 0.707. The van der Waals surface area contributed by atoms with Gasteiger partial charge in [0.05, 0.1) is 7.11 Å². The van der Waals surface area contributed by atoms with Gasteiger partial charge in [-0.2, -0.15) is 0 Å². The summed E-state index contributed by atoms with van der Waals surface area (Å²) in [4.78, 5) is 13.2. The molecular formula is C12H17NO2. The number of amides is 1. The Balaban J connectivity index is 0.000000531. The maximum absolute atomic E-state index is 11.5. The van der Waals surface area contributed by atoms with Gasteiger partial charge in [0.2, 0.25) is 0 Å². The molecule has 1 amide bonds. The summed E-state index contributed by atoms with van der Waals surface area (Å²) < 4.78 is 5.05. The van der Waals surface area contributed by atoms with E-state index in [1.807, 2.05) is 26.0 Å². The van der Waals surface area contributed by atoms with Gasteiger partial charge >= 0.3 is 0 Å². The Morgan fingerprint density at radius 3 is 2.60 bits per heavy atom. The smallest absolute Gasteiger partial charge is 0.254 e. The Morgan fingerprint density at radius 1 is 1.33 bits per heavy atom. The van der Waals surface area contributed by atoms with E-state index in [-0.39, 0.29) is 5.91 Å². The number of methoxy groups -OCH3 is 1. The third kappa shape index (κ3) is 2.12. The van der Waals surface area contributed by atoms with Gasteiger partial charge < -0.3 is 9.64 Å². The number of rotatable bonds is 1. The zero-order chi connectivity index (χ0) is 11.4. The van der Waals surface area contributed by atoms with Gasteiger partial charge in [0, 0.05) is 19.2 Å². The molecule has 0 atom stereocenters. The molecule has 0 saturated carbocycles. The van der Waals surface area contributed by atoms with Crippen molar-refractivity contribution in [2.24, 2.45) is 0 Å². The van der Waals surface area contributed by atoms with Crippen molar-refractivity contribution in [3.05, 3.63) is 29.3 Å². The Bertz CT molecular complexity index is 361. The van der Waals surface area contributed by atoms with E-state index in [9.17, 15) is 4.79 Å². The molecule has 0 aromatic heterocycles. The van der Waals surface area contributed by atoms with Gasteiger partial charge in [-0.25, -0.2) is 0 Å². The molecule has 0 unspecified atom stereocenters. The molecule has 0 aliphatic carbocycles. The van der Waals surface area contributed by atoms with Crippen LogP contribution in [0.3, 0.4) is 0 Å². The molecule has 1 aliphatic heterocycles. The minimum absolute atomic E-state index is 0.0777. The lowest BCUT2D eigenvalue weighted by Gasteiger charge is -2.04. The lowest BCUT2D eigenvalue weighted by molar-refractivity contribution is 0.0816. The molecule has 1 aromatic rings. The number of fused-ring (bicyclic) bond motifs is 1. The summed E-state index contributed by atoms with van der Waals surface area (Å²) in [5.41, 5.74) is 1.84. The monoisotopic (exact) mass is 207 g/mol. The van der Waals surface area contributed by atoms with Crippen molar-refractivity contribution >= 4 is 5.91 Å². The second-order valence-corrected chi connectivity index (χ2v) is 3.18. The summed E-state index contributed by atoms with van der Waals surface area (Å²) in [5.74, 6) is 0.816. The summed E-state index contributed by atoms with van der Waals surface area (Å²) in [6.45, 7) is 4.71. The van der Waals surface area contributed by atoms with Gasteiger partial charge in [-0.1, -0.05) is 19.9 Å². The van der Waals surface area contributed by atoms with E-state index < -0.39 is 0 Å². The number of carbonyl (C=O) groups excluding carboxylic acids is 1. The SMILES string of the molecule is CC.COc1ccc2c(c1)C(=O)N(C)C2. The first-order chi connectivity index (χ1) is 7.22. The van der Waals surface area contributed by atoms with Gasteiger partial charge in [0.15, 0.2) is 0 Å². The molecule has 1 aliphatic rings. The largest absolute Gasteiger partial charge is 0.497 e. The zero-order valence-corrected chi connectivity index (χ0v) is 9.70. The van der Waals surface area contributed by atoms with E-state index in [4.69, 9.17) is 4.74 Å². The van der Waals surface area contributed by atoms with Crippen molar-refractivity contribution in [2.45, 2.75) is 20.4 Å². The van der Waals surface area contributed by atoms with Crippen molar-refractivity contribution in [3.8, 4) is 5.75 Å². The molecule has 0 spiro atoms. The average Bonchev–Trinajstić information content (AvgIpc) is 2.57. The first-order valence-corrected chi connectivity index (χ1v) is 5.15.